The smallest absolute Gasteiger partial charge is 0.287 e. The molecule has 152 valence electrons. The molecule has 0 bridgehead atoms. The van der Waals surface area contributed by atoms with Gasteiger partial charge in [0.25, 0.3) is 5.56 Å². The van der Waals surface area contributed by atoms with Crippen molar-refractivity contribution in [2.24, 2.45) is 0 Å². The Bertz CT molecular complexity index is 956. The zero-order chi connectivity index (χ0) is 20.6. The minimum Gasteiger partial charge on any atom is -0.380 e. The van der Waals surface area contributed by atoms with E-state index in [2.05, 4.69) is 41.3 Å². The lowest BCUT2D eigenvalue weighted by Crippen LogP contribution is -2.33. The summed E-state index contributed by atoms with van der Waals surface area (Å²) < 4.78 is 1.39. The Morgan fingerprint density at radius 2 is 1.66 bits per heavy atom. The Morgan fingerprint density at radius 1 is 1.03 bits per heavy atom. The second-order valence-electron chi connectivity index (χ2n) is 6.85. The van der Waals surface area contributed by atoms with Crippen LogP contribution < -0.4 is 10.9 Å². The number of nitrogens with zero attached hydrogens (tertiary/aromatic N) is 3. The van der Waals surface area contributed by atoms with Gasteiger partial charge in [0.15, 0.2) is 0 Å². The van der Waals surface area contributed by atoms with Crippen LogP contribution >= 0.6 is 11.6 Å². The van der Waals surface area contributed by atoms with Gasteiger partial charge < -0.3 is 5.32 Å². The molecule has 3 aromatic rings. The van der Waals surface area contributed by atoms with Crippen molar-refractivity contribution in [1.29, 1.82) is 0 Å². The highest BCUT2D eigenvalue weighted by atomic mass is 35.5. The zero-order valence-corrected chi connectivity index (χ0v) is 17.6. The number of halogens is 1. The highest BCUT2D eigenvalue weighted by molar-refractivity contribution is 6.32. The van der Waals surface area contributed by atoms with E-state index in [-0.39, 0.29) is 16.6 Å². The molecule has 0 fully saturated rings. The summed E-state index contributed by atoms with van der Waals surface area (Å²) >= 11 is 6.39. The zero-order valence-electron chi connectivity index (χ0n) is 16.9. The molecule has 0 aliphatic rings. The minimum atomic E-state index is -0.292. The van der Waals surface area contributed by atoms with Crippen LogP contribution in [0.1, 0.15) is 31.0 Å². The summed E-state index contributed by atoms with van der Waals surface area (Å²) in [5.41, 5.74) is 2.50. The number of likely N-dealkylation sites (N-methyl/N-ethyl adjacent to an activating group) is 1. The predicted octanol–water partition coefficient (Wildman–Crippen LogP) is 4.44. The molecule has 0 amide bonds. The molecule has 1 aromatic heterocycles. The van der Waals surface area contributed by atoms with Crippen LogP contribution in [-0.4, -0.2) is 34.3 Å². The Morgan fingerprint density at radius 3 is 2.28 bits per heavy atom. The number of rotatable bonds is 9. The molecule has 0 unspecified atom stereocenters. The molecule has 0 spiro atoms. The molecular weight excluding hydrogens is 384 g/mol. The lowest BCUT2D eigenvalue weighted by atomic mass is 10.1. The monoisotopic (exact) mass is 410 g/mol. The molecular formula is C23H27ClN4O. The average Bonchev–Trinajstić information content (AvgIpc) is 2.77. The quantitative estimate of drug-likeness (QED) is 0.566. The van der Waals surface area contributed by atoms with Gasteiger partial charge in [-0.05, 0) is 24.2 Å². The maximum Gasteiger partial charge on any atom is 0.287 e. The van der Waals surface area contributed by atoms with Crippen LogP contribution in [0.15, 0.2) is 71.7 Å². The highest BCUT2D eigenvalue weighted by Crippen LogP contribution is 2.23. The van der Waals surface area contributed by atoms with Crippen LogP contribution in [0, 0.1) is 0 Å². The summed E-state index contributed by atoms with van der Waals surface area (Å²) in [4.78, 5) is 15.0. The van der Waals surface area contributed by atoms with Gasteiger partial charge in [0, 0.05) is 6.54 Å². The van der Waals surface area contributed by atoms with Crippen molar-refractivity contribution in [2.75, 3.05) is 25.0 Å². The van der Waals surface area contributed by atoms with Gasteiger partial charge in [-0.3, -0.25) is 9.69 Å². The molecule has 6 heteroatoms. The Balaban J connectivity index is 1.78. The number of benzene rings is 2. The number of hydrogen-bond donors (Lipinski definition) is 1. The van der Waals surface area contributed by atoms with Crippen molar-refractivity contribution in [3.63, 3.8) is 0 Å². The molecule has 0 aliphatic carbocycles. The topological polar surface area (TPSA) is 50.2 Å². The van der Waals surface area contributed by atoms with Crippen molar-refractivity contribution >= 4 is 17.3 Å². The van der Waals surface area contributed by atoms with Crippen molar-refractivity contribution in [3.8, 4) is 0 Å². The van der Waals surface area contributed by atoms with Gasteiger partial charge in [-0.2, -0.15) is 5.10 Å². The summed E-state index contributed by atoms with van der Waals surface area (Å²) in [6.07, 6.45) is 1.64. The van der Waals surface area contributed by atoms with Gasteiger partial charge >= 0.3 is 0 Å². The van der Waals surface area contributed by atoms with E-state index in [1.165, 1.54) is 10.2 Å². The second-order valence-corrected chi connectivity index (χ2v) is 7.23. The van der Waals surface area contributed by atoms with Gasteiger partial charge in [0.1, 0.15) is 5.02 Å². The van der Waals surface area contributed by atoms with Crippen molar-refractivity contribution in [1.82, 2.24) is 14.7 Å². The molecule has 0 radical (unpaired) electrons. The summed E-state index contributed by atoms with van der Waals surface area (Å²) in [7, 11) is 0. The summed E-state index contributed by atoms with van der Waals surface area (Å²) in [6.45, 7) is 7.20. The van der Waals surface area contributed by atoms with Gasteiger partial charge in [-0.1, -0.05) is 86.1 Å². The lowest BCUT2D eigenvalue weighted by Gasteiger charge is -2.30. The fourth-order valence-corrected chi connectivity index (χ4v) is 3.67. The SMILES string of the molecule is CCN(CC)[C@@H](CNc1cnn(Cc2ccccc2)c(=O)c1Cl)c1ccccc1. The highest BCUT2D eigenvalue weighted by Gasteiger charge is 2.19. The number of anilines is 1. The third-order valence-corrected chi connectivity index (χ3v) is 5.45. The van der Waals surface area contributed by atoms with Gasteiger partial charge in [0.05, 0.1) is 24.5 Å². The number of aromatic nitrogens is 2. The van der Waals surface area contributed by atoms with Crippen molar-refractivity contribution in [2.45, 2.75) is 26.4 Å². The minimum absolute atomic E-state index is 0.169. The van der Waals surface area contributed by atoms with Crippen LogP contribution in [0.4, 0.5) is 5.69 Å². The molecule has 0 saturated heterocycles. The van der Waals surface area contributed by atoms with E-state index >= 15 is 0 Å². The molecule has 1 heterocycles. The molecule has 3 rings (SSSR count). The summed E-state index contributed by atoms with van der Waals surface area (Å²) in [5, 5.41) is 7.83. The van der Waals surface area contributed by atoms with Crippen LogP contribution in [0.3, 0.4) is 0 Å². The van der Waals surface area contributed by atoms with E-state index in [1.54, 1.807) is 6.20 Å². The molecule has 1 atom stereocenters. The number of nitrogens with one attached hydrogen (secondary N) is 1. The lowest BCUT2D eigenvalue weighted by molar-refractivity contribution is 0.228. The van der Waals surface area contributed by atoms with Crippen molar-refractivity contribution in [3.05, 3.63) is 93.4 Å². The van der Waals surface area contributed by atoms with Crippen LogP contribution in [-0.2, 0) is 6.54 Å². The molecule has 29 heavy (non-hydrogen) atoms. The normalized spacial score (nSPS) is 12.1. The van der Waals surface area contributed by atoms with Gasteiger partial charge in [0.2, 0.25) is 0 Å². The van der Waals surface area contributed by atoms with E-state index < -0.39 is 0 Å². The van der Waals surface area contributed by atoms with E-state index in [0.29, 0.717) is 18.8 Å². The van der Waals surface area contributed by atoms with E-state index in [1.807, 2.05) is 48.5 Å². The van der Waals surface area contributed by atoms with Gasteiger partial charge in [-0.25, -0.2) is 4.68 Å². The summed E-state index contributed by atoms with van der Waals surface area (Å²) in [6, 6.07) is 20.3. The Hall–Kier alpha value is -2.63. The molecule has 5 nitrogen and oxygen atoms in total. The van der Waals surface area contributed by atoms with Crippen LogP contribution in [0.5, 0.6) is 0 Å². The third-order valence-electron chi connectivity index (χ3n) is 5.08. The van der Waals surface area contributed by atoms with E-state index in [9.17, 15) is 4.79 Å². The fraction of sp³-hybridized carbons (Fsp3) is 0.304. The van der Waals surface area contributed by atoms with E-state index in [0.717, 1.165) is 18.7 Å². The van der Waals surface area contributed by atoms with Crippen molar-refractivity contribution < 1.29 is 0 Å². The molecule has 1 N–H and O–H groups in total. The molecule has 0 aliphatic heterocycles. The second kappa shape index (κ2) is 10.2. The fourth-order valence-electron chi connectivity index (χ4n) is 3.46. The largest absolute Gasteiger partial charge is 0.380 e. The van der Waals surface area contributed by atoms with E-state index in [4.69, 9.17) is 11.6 Å². The van der Waals surface area contributed by atoms with Gasteiger partial charge in [-0.15, -0.1) is 0 Å². The van der Waals surface area contributed by atoms with Crippen LogP contribution in [0.2, 0.25) is 5.02 Å². The maximum atomic E-state index is 12.7. The predicted molar refractivity (Wildman–Crippen MR) is 120 cm³/mol. The first-order valence-electron chi connectivity index (χ1n) is 9.96. The Kier molecular flexibility index (Phi) is 7.44. The Labute approximate surface area is 176 Å². The molecule has 2 aromatic carbocycles. The first-order valence-corrected chi connectivity index (χ1v) is 10.3. The average molecular weight is 411 g/mol. The first-order chi connectivity index (χ1) is 14.1. The number of hydrogen-bond acceptors (Lipinski definition) is 4. The standard InChI is InChI=1S/C23H27ClN4O/c1-3-27(4-2)21(19-13-9-6-10-14-19)16-25-20-15-26-28(23(29)22(20)24)17-18-11-7-5-8-12-18/h5-15,21,25H,3-4,16-17H2,1-2H3/t21-/m0/s1. The first kappa shape index (κ1) is 21.1. The summed E-state index contributed by atoms with van der Waals surface area (Å²) in [5.74, 6) is 0. The third kappa shape index (κ3) is 5.25. The molecule has 0 saturated carbocycles. The maximum absolute atomic E-state index is 12.7. The van der Waals surface area contributed by atoms with Crippen LogP contribution in [0.25, 0.3) is 0 Å².